The molecule has 0 saturated carbocycles. The number of halogens is 2. The molecule has 0 bridgehead atoms. The summed E-state index contributed by atoms with van der Waals surface area (Å²) in [6.45, 7) is 0.857. The maximum absolute atomic E-state index is 14.9. The number of rotatable bonds is 11. The van der Waals surface area contributed by atoms with Crippen LogP contribution in [0, 0.1) is 12.7 Å². The number of carbonyl (C=O) groups is 2. The van der Waals surface area contributed by atoms with Gasteiger partial charge in [0.2, 0.25) is 11.8 Å². The summed E-state index contributed by atoms with van der Waals surface area (Å²) in [4.78, 5) is 28.7. The summed E-state index contributed by atoms with van der Waals surface area (Å²) in [7, 11) is -2.81. The first-order valence-corrected chi connectivity index (χ1v) is 15.1. The van der Waals surface area contributed by atoms with Crippen molar-refractivity contribution in [3.63, 3.8) is 0 Å². The highest BCUT2D eigenvalue weighted by molar-refractivity contribution is 7.92. The van der Waals surface area contributed by atoms with E-state index in [0.717, 1.165) is 9.87 Å². The van der Waals surface area contributed by atoms with Gasteiger partial charge in [-0.25, -0.2) is 12.8 Å². The molecule has 42 heavy (non-hydrogen) atoms. The van der Waals surface area contributed by atoms with Gasteiger partial charge in [0, 0.05) is 30.6 Å². The molecular formula is C32H31ClFN3O4S. The Morgan fingerprint density at radius 1 is 0.881 bits per heavy atom. The van der Waals surface area contributed by atoms with Gasteiger partial charge in [0.1, 0.15) is 18.4 Å². The van der Waals surface area contributed by atoms with Crippen LogP contribution in [-0.2, 0) is 32.6 Å². The summed E-state index contributed by atoms with van der Waals surface area (Å²) >= 11 is 6.01. The fourth-order valence-electron chi connectivity index (χ4n) is 4.62. The predicted octanol–water partition coefficient (Wildman–Crippen LogP) is 5.37. The van der Waals surface area contributed by atoms with Crippen molar-refractivity contribution in [2.45, 2.75) is 30.8 Å². The monoisotopic (exact) mass is 607 g/mol. The molecule has 0 spiro atoms. The fraction of sp³-hybridized carbons (Fsp3) is 0.188. The number of benzene rings is 4. The van der Waals surface area contributed by atoms with Gasteiger partial charge in [-0.1, -0.05) is 78.3 Å². The Kier molecular flexibility index (Phi) is 9.98. The standard InChI is InChI=1S/C32H31ClFN3O4S/c1-23-10-6-9-15-29(23)37(42(40,41)27-18-16-26(33)17-19-27)22-31(38)36(21-25-13-7-8-14-28(25)34)30(32(39)35-2)20-24-11-4-3-5-12-24/h3-19,30H,20-22H2,1-2H3,(H,35,39)/t30-/m0/s1. The molecule has 4 rings (SSSR count). The van der Waals surface area contributed by atoms with Crippen LogP contribution < -0.4 is 9.62 Å². The van der Waals surface area contributed by atoms with Crippen molar-refractivity contribution in [3.8, 4) is 0 Å². The van der Waals surface area contributed by atoms with Gasteiger partial charge in [-0.2, -0.15) is 0 Å². The largest absolute Gasteiger partial charge is 0.357 e. The maximum atomic E-state index is 14.9. The average molecular weight is 608 g/mol. The molecule has 1 atom stereocenters. The number of nitrogens with zero attached hydrogens (tertiary/aromatic N) is 2. The Morgan fingerprint density at radius 3 is 2.14 bits per heavy atom. The number of sulfonamides is 1. The zero-order valence-electron chi connectivity index (χ0n) is 23.2. The summed E-state index contributed by atoms with van der Waals surface area (Å²) in [5.41, 5.74) is 1.89. The molecule has 0 heterocycles. The Balaban J connectivity index is 1.80. The molecule has 2 amide bonds. The molecule has 0 fully saturated rings. The van der Waals surface area contributed by atoms with Gasteiger partial charge in [-0.15, -0.1) is 0 Å². The molecule has 7 nitrogen and oxygen atoms in total. The Bertz CT molecular complexity index is 1650. The first-order chi connectivity index (χ1) is 20.1. The lowest BCUT2D eigenvalue weighted by molar-refractivity contribution is -0.139. The molecule has 218 valence electrons. The normalized spacial score (nSPS) is 11.9. The van der Waals surface area contributed by atoms with Gasteiger partial charge in [-0.3, -0.25) is 13.9 Å². The number of hydrogen-bond donors (Lipinski definition) is 1. The summed E-state index contributed by atoms with van der Waals surface area (Å²) in [5, 5.41) is 2.96. The minimum absolute atomic E-state index is 0.0595. The molecular weight excluding hydrogens is 577 g/mol. The molecule has 4 aromatic rings. The first-order valence-electron chi connectivity index (χ1n) is 13.2. The van der Waals surface area contributed by atoms with E-state index >= 15 is 0 Å². The quantitative estimate of drug-likeness (QED) is 0.248. The van der Waals surface area contributed by atoms with Gasteiger partial charge < -0.3 is 10.2 Å². The number of para-hydroxylation sites is 1. The summed E-state index contributed by atoms with van der Waals surface area (Å²) in [5.74, 6) is -1.69. The lowest BCUT2D eigenvalue weighted by atomic mass is 10.0. The molecule has 0 aliphatic carbocycles. The maximum Gasteiger partial charge on any atom is 0.264 e. The number of carbonyl (C=O) groups excluding carboxylic acids is 2. The van der Waals surface area contributed by atoms with Crippen LogP contribution >= 0.6 is 11.6 Å². The molecule has 0 radical (unpaired) electrons. The third kappa shape index (κ3) is 7.16. The van der Waals surface area contributed by atoms with Crippen molar-refractivity contribution < 1.29 is 22.4 Å². The van der Waals surface area contributed by atoms with Gasteiger partial charge in [-0.05, 0) is 54.4 Å². The Morgan fingerprint density at radius 2 is 1.50 bits per heavy atom. The van der Waals surface area contributed by atoms with Crippen molar-refractivity contribution in [2.24, 2.45) is 0 Å². The van der Waals surface area contributed by atoms with Crippen molar-refractivity contribution in [1.82, 2.24) is 10.2 Å². The predicted molar refractivity (Wildman–Crippen MR) is 162 cm³/mol. The number of anilines is 1. The van der Waals surface area contributed by atoms with E-state index in [1.165, 1.54) is 54.4 Å². The average Bonchev–Trinajstić information content (AvgIpc) is 2.99. The summed E-state index contributed by atoms with van der Waals surface area (Å²) < 4.78 is 43.9. The number of likely N-dealkylation sites (N-methyl/N-ethyl adjacent to an activating group) is 1. The third-order valence-corrected chi connectivity index (χ3v) is 8.91. The van der Waals surface area contributed by atoms with E-state index < -0.39 is 40.2 Å². The van der Waals surface area contributed by atoms with Crippen molar-refractivity contribution >= 4 is 39.1 Å². The molecule has 0 aliphatic rings. The first kappa shape index (κ1) is 30.7. The minimum Gasteiger partial charge on any atom is -0.357 e. The fourth-order valence-corrected chi connectivity index (χ4v) is 6.23. The van der Waals surface area contributed by atoms with Crippen LogP contribution in [0.25, 0.3) is 0 Å². The minimum atomic E-state index is -4.26. The highest BCUT2D eigenvalue weighted by atomic mass is 35.5. The van der Waals surface area contributed by atoms with Crippen molar-refractivity contribution in [1.29, 1.82) is 0 Å². The second-order valence-corrected chi connectivity index (χ2v) is 12.0. The molecule has 0 unspecified atom stereocenters. The lowest BCUT2D eigenvalue weighted by Gasteiger charge is -2.34. The number of aryl methyl sites for hydroxylation is 1. The Labute approximate surface area is 250 Å². The molecule has 4 aromatic carbocycles. The third-order valence-electron chi connectivity index (χ3n) is 6.88. The van der Waals surface area contributed by atoms with Crippen LogP contribution in [0.1, 0.15) is 16.7 Å². The second kappa shape index (κ2) is 13.6. The van der Waals surface area contributed by atoms with Gasteiger partial charge >= 0.3 is 0 Å². The topological polar surface area (TPSA) is 86.8 Å². The van der Waals surface area contributed by atoms with E-state index in [1.807, 2.05) is 30.3 Å². The van der Waals surface area contributed by atoms with E-state index in [2.05, 4.69) is 5.32 Å². The van der Waals surface area contributed by atoms with Gasteiger partial charge in [0.05, 0.1) is 10.6 Å². The van der Waals surface area contributed by atoms with Crippen LogP contribution in [0.2, 0.25) is 5.02 Å². The SMILES string of the molecule is CNC(=O)[C@H](Cc1ccccc1)N(Cc1ccccc1F)C(=O)CN(c1ccccc1C)S(=O)(=O)c1ccc(Cl)cc1. The van der Waals surface area contributed by atoms with Crippen LogP contribution in [0.15, 0.2) is 108 Å². The van der Waals surface area contributed by atoms with E-state index in [1.54, 1.807) is 37.3 Å². The van der Waals surface area contributed by atoms with E-state index in [4.69, 9.17) is 11.6 Å². The molecule has 1 N–H and O–H groups in total. The van der Waals surface area contributed by atoms with E-state index in [0.29, 0.717) is 16.3 Å². The van der Waals surface area contributed by atoms with Gasteiger partial charge in [0.25, 0.3) is 10.0 Å². The Hall–Kier alpha value is -4.21. The number of nitrogens with one attached hydrogen (secondary N) is 1. The molecule has 0 aromatic heterocycles. The van der Waals surface area contributed by atoms with Crippen LogP contribution in [0.3, 0.4) is 0 Å². The second-order valence-electron chi connectivity index (χ2n) is 9.68. The highest BCUT2D eigenvalue weighted by Crippen LogP contribution is 2.28. The summed E-state index contributed by atoms with van der Waals surface area (Å²) in [6, 6.07) is 26.5. The van der Waals surface area contributed by atoms with Crippen LogP contribution in [0.4, 0.5) is 10.1 Å². The zero-order chi connectivity index (χ0) is 30.3. The van der Waals surface area contributed by atoms with Crippen LogP contribution in [0.5, 0.6) is 0 Å². The van der Waals surface area contributed by atoms with Crippen molar-refractivity contribution in [2.75, 3.05) is 17.9 Å². The zero-order valence-corrected chi connectivity index (χ0v) is 24.8. The van der Waals surface area contributed by atoms with Crippen molar-refractivity contribution in [3.05, 3.63) is 131 Å². The molecule has 10 heteroatoms. The van der Waals surface area contributed by atoms with Gasteiger partial charge in [0.15, 0.2) is 0 Å². The number of amides is 2. The summed E-state index contributed by atoms with van der Waals surface area (Å²) in [6.07, 6.45) is 0.134. The van der Waals surface area contributed by atoms with E-state index in [-0.39, 0.29) is 23.4 Å². The lowest BCUT2D eigenvalue weighted by Crippen LogP contribution is -2.53. The molecule has 0 aliphatic heterocycles. The highest BCUT2D eigenvalue weighted by Gasteiger charge is 2.35. The molecule has 0 saturated heterocycles. The van der Waals surface area contributed by atoms with Crippen LogP contribution in [-0.4, -0.2) is 44.8 Å². The van der Waals surface area contributed by atoms with E-state index in [9.17, 15) is 22.4 Å². The number of hydrogen-bond acceptors (Lipinski definition) is 4. The smallest absolute Gasteiger partial charge is 0.264 e.